The summed E-state index contributed by atoms with van der Waals surface area (Å²) in [7, 11) is 0. The zero-order valence-electron chi connectivity index (χ0n) is 58.4. The van der Waals surface area contributed by atoms with Gasteiger partial charge in [0.05, 0.1) is 44.2 Å². The fourth-order valence-electron chi connectivity index (χ4n) is 19.1. The van der Waals surface area contributed by atoms with E-state index in [1.807, 2.05) is 34.0 Å². The minimum atomic E-state index is -0.698. The Kier molecular flexibility index (Phi) is 12.3. The Labute approximate surface area is 636 Å². The molecule has 504 valence electrons. The van der Waals surface area contributed by atoms with Crippen LogP contribution in [0.2, 0.25) is 0 Å². The fraction of sp³-hybridized carbons (Fsp3) is 0.00990. The van der Waals surface area contributed by atoms with E-state index in [2.05, 4.69) is 359 Å². The van der Waals surface area contributed by atoms with Crippen LogP contribution in [0.3, 0.4) is 0 Å². The van der Waals surface area contributed by atoms with Gasteiger partial charge in [0.1, 0.15) is 5.82 Å². The number of benzene rings is 16. The van der Waals surface area contributed by atoms with E-state index in [-0.39, 0.29) is 0 Å². The SMILES string of the molecule is c1ccc2c(c1)-c1ccccc1C21c2cc(-c3cc(-n4c5ccccc5c5cc(-c6ccc7sc8ccccc8c7c6)ccc54)nc(-n4c5ccccc5c5cc(-c6ccc7sc8ccccc8c7c6)ccc54)n3)ccc2-c2ccc(-n3c4ccccc4c4cc(-c5ccc6sc7ccccc7c6c5)ccc43)cc21. The summed E-state index contributed by atoms with van der Waals surface area (Å²) in [4.78, 5) is 11.8. The zero-order chi connectivity index (χ0) is 70.9. The van der Waals surface area contributed by atoms with Gasteiger partial charge in [0.15, 0.2) is 0 Å². The second-order valence-corrected chi connectivity index (χ2v) is 32.7. The van der Waals surface area contributed by atoms with Crippen molar-refractivity contribution >= 4 is 160 Å². The maximum atomic E-state index is 5.92. The summed E-state index contributed by atoms with van der Waals surface area (Å²) in [5.41, 5.74) is 25.9. The molecule has 109 heavy (non-hydrogen) atoms. The van der Waals surface area contributed by atoms with Crippen molar-refractivity contribution < 1.29 is 0 Å². The van der Waals surface area contributed by atoms with Gasteiger partial charge in [0, 0.05) is 110 Å². The van der Waals surface area contributed by atoms with E-state index in [9.17, 15) is 0 Å². The quantitative estimate of drug-likeness (QED) is 0.160. The summed E-state index contributed by atoms with van der Waals surface area (Å²) in [5.74, 6) is 1.37. The van der Waals surface area contributed by atoms with Crippen LogP contribution in [0.4, 0.5) is 0 Å². The van der Waals surface area contributed by atoms with Crippen molar-refractivity contribution in [2.75, 3.05) is 0 Å². The molecule has 2 aliphatic rings. The van der Waals surface area contributed by atoms with E-state index >= 15 is 0 Å². The first-order valence-electron chi connectivity index (χ1n) is 37.2. The molecular weight excluding hydrogens is 1380 g/mol. The van der Waals surface area contributed by atoms with E-state index < -0.39 is 5.41 Å². The number of aromatic nitrogens is 5. The van der Waals surface area contributed by atoms with Crippen LogP contribution < -0.4 is 0 Å². The van der Waals surface area contributed by atoms with Crippen LogP contribution in [0, 0.1) is 0 Å². The predicted octanol–water partition coefficient (Wildman–Crippen LogP) is 27.9. The Balaban J connectivity index is 0.696. The van der Waals surface area contributed by atoms with Gasteiger partial charge in [-0.1, -0.05) is 212 Å². The standard InChI is InChI=1S/C101H57N5S3/c1-9-25-82-66(17-1)67-18-2-10-26-83(67)101(82)84-55-64(33-41-68(84)69-42-40-65(56-85(69)101)104-87-27-11-3-19-70(87)76-49-58(34-43-90(76)104)61-37-46-96-79(52-61)73-22-6-14-30-93(73)107-96)86-57-99(105-88-28-12-4-20-71(88)77-50-59(35-44-91(77)105)62-38-47-97-80(53-62)74-23-7-15-31-94(74)108-97)103-100(102-86)106-89-29-13-5-21-72(89)78-51-60(36-45-92(78)106)63-39-48-98-81(54-63)75-24-8-16-32-95(75)109-98/h1-57H. The molecular formula is C101H57N5S3. The first-order valence-corrected chi connectivity index (χ1v) is 39.7. The third-order valence-corrected chi connectivity index (χ3v) is 27.4. The fourth-order valence-corrected chi connectivity index (χ4v) is 22.4. The number of fused-ring (bicyclic) bond motifs is 28. The number of hydrogen-bond acceptors (Lipinski definition) is 5. The van der Waals surface area contributed by atoms with Crippen LogP contribution in [0.25, 0.3) is 210 Å². The molecule has 0 saturated heterocycles. The van der Waals surface area contributed by atoms with Gasteiger partial charge in [-0.15, -0.1) is 34.0 Å². The van der Waals surface area contributed by atoms with E-state index in [1.165, 1.54) is 155 Å². The van der Waals surface area contributed by atoms with Crippen molar-refractivity contribution in [2.45, 2.75) is 5.41 Å². The maximum absolute atomic E-state index is 5.92. The molecule has 7 aromatic heterocycles. The van der Waals surface area contributed by atoms with Gasteiger partial charge in [-0.3, -0.25) is 9.13 Å². The number of rotatable bonds is 7. The minimum Gasteiger partial charge on any atom is -0.309 e. The molecule has 0 radical (unpaired) electrons. The van der Waals surface area contributed by atoms with Gasteiger partial charge in [-0.2, -0.15) is 4.98 Å². The van der Waals surface area contributed by atoms with Gasteiger partial charge in [-0.25, -0.2) is 4.98 Å². The molecule has 1 spiro atoms. The van der Waals surface area contributed by atoms with Crippen LogP contribution >= 0.6 is 34.0 Å². The molecule has 2 aliphatic carbocycles. The molecule has 23 aromatic rings. The Morgan fingerprint density at radius 3 is 1.05 bits per heavy atom. The monoisotopic (exact) mass is 1440 g/mol. The van der Waals surface area contributed by atoms with Crippen molar-refractivity contribution in [3.63, 3.8) is 0 Å². The Morgan fingerprint density at radius 1 is 0.211 bits per heavy atom. The van der Waals surface area contributed by atoms with Gasteiger partial charge >= 0.3 is 0 Å². The van der Waals surface area contributed by atoms with E-state index in [0.29, 0.717) is 5.95 Å². The van der Waals surface area contributed by atoms with E-state index in [0.717, 1.165) is 71.9 Å². The first kappa shape index (κ1) is 59.9. The van der Waals surface area contributed by atoms with Crippen LogP contribution in [-0.4, -0.2) is 23.7 Å². The lowest BCUT2D eigenvalue weighted by molar-refractivity contribution is 0.792. The summed E-state index contributed by atoms with van der Waals surface area (Å²) in [6.45, 7) is 0. The number of nitrogens with zero attached hydrogens (tertiary/aromatic N) is 5. The highest BCUT2D eigenvalue weighted by atomic mass is 32.1. The average molecular weight is 1440 g/mol. The molecule has 25 rings (SSSR count). The third kappa shape index (κ3) is 8.42. The largest absolute Gasteiger partial charge is 0.309 e. The number of thiophene rings is 3. The third-order valence-electron chi connectivity index (χ3n) is 23.9. The highest BCUT2D eigenvalue weighted by molar-refractivity contribution is 7.26. The average Bonchev–Trinajstić information content (AvgIpc) is 1.51. The van der Waals surface area contributed by atoms with Gasteiger partial charge in [0.25, 0.3) is 0 Å². The van der Waals surface area contributed by atoms with Crippen LogP contribution in [0.1, 0.15) is 22.3 Å². The molecule has 16 aromatic carbocycles. The molecule has 0 aliphatic heterocycles. The second-order valence-electron chi connectivity index (χ2n) is 29.4. The highest BCUT2D eigenvalue weighted by Crippen LogP contribution is 2.64. The minimum absolute atomic E-state index is 0.589. The molecule has 8 heteroatoms. The topological polar surface area (TPSA) is 40.6 Å². The lowest BCUT2D eigenvalue weighted by Crippen LogP contribution is -2.26. The van der Waals surface area contributed by atoms with Crippen molar-refractivity contribution in [1.82, 2.24) is 23.7 Å². The number of hydrogen-bond donors (Lipinski definition) is 0. The van der Waals surface area contributed by atoms with E-state index in [4.69, 9.17) is 9.97 Å². The lowest BCUT2D eigenvalue weighted by Gasteiger charge is -2.31. The van der Waals surface area contributed by atoms with Crippen LogP contribution in [0.5, 0.6) is 0 Å². The second kappa shape index (κ2) is 22.4. The Hall–Kier alpha value is -13.3. The van der Waals surface area contributed by atoms with Crippen molar-refractivity contribution in [1.29, 1.82) is 0 Å². The molecule has 7 heterocycles. The van der Waals surface area contributed by atoms with Crippen LogP contribution in [0.15, 0.2) is 346 Å². The molecule has 0 N–H and O–H groups in total. The highest BCUT2D eigenvalue weighted by Gasteiger charge is 2.52. The normalized spacial score (nSPS) is 13.0. The number of para-hydroxylation sites is 3. The smallest absolute Gasteiger partial charge is 0.237 e. The van der Waals surface area contributed by atoms with Crippen molar-refractivity contribution in [2.24, 2.45) is 0 Å². The summed E-state index contributed by atoms with van der Waals surface area (Å²) in [6.07, 6.45) is 0. The zero-order valence-corrected chi connectivity index (χ0v) is 60.8. The maximum Gasteiger partial charge on any atom is 0.237 e. The molecule has 0 fully saturated rings. The molecule has 0 saturated carbocycles. The van der Waals surface area contributed by atoms with E-state index in [1.54, 1.807) is 0 Å². The van der Waals surface area contributed by atoms with Gasteiger partial charge in [-0.05, 0) is 205 Å². The van der Waals surface area contributed by atoms with Gasteiger partial charge in [0.2, 0.25) is 5.95 Å². The first-order chi connectivity index (χ1) is 54.0. The predicted molar refractivity (Wildman–Crippen MR) is 462 cm³/mol. The van der Waals surface area contributed by atoms with Crippen molar-refractivity contribution in [3.8, 4) is 84.3 Å². The molecule has 0 bridgehead atoms. The molecule has 0 amide bonds. The van der Waals surface area contributed by atoms with Crippen LogP contribution in [-0.2, 0) is 5.41 Å². The summed E-state index contributed by atoms with van der Waals surface area (Å²) >= 11 is 5.58. The summed E-state index contributed by atoms with van der Waals surface area (Å²) in [5, 5.41) is 14.8. The molecule has 0 atom stereocenters. The Morgan fingerprint density at radius 2 is 0.550 bits per heavy atom. The summed E-state index contributed by atoms with van der Waals surface area (Å²) in [6, 6.07) is 130. The van der Waals surface area contributed by atoms with Crippen molar-refractivity contribution in [3.05, 3.63) is 368 Å². The molecule has 0 unspecified atom stereocenters. The van der Waals surface area contributed by atoms with Gasteiger partial charge < -0.3 is 4.57 Å². The summed E-state index contributed by atoms with van der Waals surface area (Å²) < 4.78 is 15.0. The Bertz CT molecular complexity index is 7670. The molecule has 5 nitrogen and oxygen atoms in total. The lowest BCUT2D eigenvalue weighted by atomic mass is 9.70.